The molecule has 7 aromatic carbocycles. The third kappa shape index (κ3) is 8.77. The molecule has 0 saturated heterocycles. The van der Waals surface area contributed by atoms with Crippen LogP contribution in [0.25, 0.3) is 0 Å². The lowest BCUT2D eigenvalue weighted by molar-refractivity contribution is 0.474. The van der Waals surface area contributed by atoms with Crippen LogP contribution in [0.1, 0.15) is 19.3 Å². The molecule has 10 rings (SSSR count). The summed E-state index contributed by atoms with van der Waals surface area (Å²) in [5.41, 5.74) is 12.8. The van der Waals surface area contributed by atoms with E-state index in [0.717, 1.165) is 47.7 Å². The van der Waals surface area contributed by atoms with Gasteiger partial charge in [-0.3, -0.25) is 0 Å². The van der Waals surface area contributed by atoms with Crippen molar-refractivity contribution < 1.29 is 0 Å². The molecule has 0 aliphatic heterocycles. The number of benzene rings is 7. The Balaban J connectivity index is 0.860. The summed E-state index contributed by atoms with van der Waals surface area (Å²) in [6.45, 7) is 0. The summed E-state index contributed by atoms with van der Waals surface area (Å²) >= 11 is 0. The van der Waals surface area contributed by atoms with Crippen molar-refractivity contribution in [3.8, 4) is 0 Å². The van der Waals surface area contributed by atoms with Crippen LogP contribution in [-0.4, -0.2) is 6.04 Å². The van der Waals surface area contributed by atoms with Gasteiger partial charge in [0.15, 0.2) is 0 Å². The monoisotopic (exact) mass is 828 g/mol. The first kappa shape index (κ1) is 40.3. The average Bonchev–Trinajstić information content (AvgIpc) is 3.38. The Morgan fingerprint density at radius 3 is 0.922 bits per heavy atom. The molecule has 3 atom stereocenters. The van der Waals surface area contributed by atoms with Crippen LogP contribution in [0.5, 0.6) is 0 Å². The molecule has 3 aliphatic rings. The Morgan fingerprint density at radius 2 is 0.562 bits per heavy atom. The van der Waals surface area contributed by atoms with Crippen molar-refractivity contribution in [1.29, 1.82) is 0 Å². The van der Waals surface area contributed by atoms with Crippen LogP contribution in [0.4, 0.5) is 45.5 Å². The molecule has 0 heterocycles. The minimum absolute atomic E-state index is 0.198. The highest BCUT2D eigenvalue weighted by Gasteiger charge is 2.27. The van der Waals surface area contributed by atoms with Gasteiger partial charge in [0.1, 0.15) is 0 Å². The normalized spacial score (nSPS) is 17.8. The molecule has 0 bridgehead atoms. The number of allylic oxidation sites excluding steroid dienone is 7. The molecule has 0 saturated carbocycles. The first-order valence-corrected chi connectivity index (χ1v) is 22.5. The lowest BCUT2D eigenvalue weighted by atomic mass is 9.81. The van der Waals surface area contributed by atoms with E-state index >= 15 is 0 Å². The third-order valence-electron chi connectivity index (χ3n) is 12.4. The Kier molecular flexibility index (Phi) is 12.0. The molecule has 0 aromatic heterocycles. The largest absolute Gasteiger partial charge is 0.334 e. The van der Waals surface area contributed by atoms with E-state index in [0.29, 0.717) is 11.8 Å². The van der Waals surface area contributed by atoms with Gasteiger partial charge in [-0.25, -0.2) is 0 Å². The van der Waals surface area contributed by atoms with Gasteiger partial charge in [0, 0.05) is 62.6 Å². The zero-order chi connectivity index (χ0) is 42.9. The summed E-state index contributed by atoms with van der Waals surface area (Å²) in [6, 6.07) is 73.3. The molecule has 0 fully saturated rings. The maximum atomic E-state index is 2.44. The average molecular weight is 829 g/mol. The second kappa shape index (κ2) is 19.1. The van der Waals surface area contributed by atoms with Crippen molar-refractivity contribution >= 4 is 45.5 Å². The number of rotatable bonds is 13. The van der Waals surface area contributed by atoms with E-state index in [1.54, 1.807) is 0 Å². The molecule has 0 spiro atoms. The molecular formula is C60H52N4. The fourth-order valence-electron chi connectivity index (χ4n) is 9.28. The van der Waals surface area contributed by atoms with Crippen molar-refractivity contribution in [1.82, 2.24) is 0 Å². The molecule has 4 nitrogen and oxygen atoms in total. The lowest BCUT2D eigenvalue weighted by Crippen LogP contribution is -2.32. The quantitative estimate of drug-likeness (QED) is 0.115. The van der Waals surface area contributed by atoms with Gasteiger partial charge in [0.2, 0.25) is 0 Å². The standard InChI is InChI=1S/C60H52N4/c1-7-19-49(20-8-1)61(50-21-9-2-10-22-50)57-39-43-59(44-40-57)63(53-27-15-5-16-28-53)55-35-31-47(32-36-55)48-33-37-56(38-34-48)64(54-29-17-6-18-30-54)60-45-41-58(42-46-60)62(51-23-11-3-12-24-51)52-25-13-4-14-26-52/h1-31,33,35-41,43-48,58H,32,34,42H2/t47?,48?,58-/m1/s1. The second-order valence-electron chi connectivity index (χ2n) is 16.5. The van der Waals surface area contributed by atoms with E-state index in [1.807, 2.05) is 0 Å². The Bertz CT molecular complexity index is 2720. The van der Waals surface area contributed by atoms with E-state index in [9.17, 15) is 0 Å². The molecule has 64 heavy (non-hydrogen) atoms. The molecule has 2 unspecified atom stereocenters. The summed E-state index contributed by atoms with van der Waals surface area (Å²) < 4.78 is 0. The van der Waals surface area contributed by atoms with Crippen LogP contribution in [0.2, 0.25) is 0 Å². The van der Waals surface area contributed by atoms with E-state index in [2.05, 4.69) is 281 Å². The summed E-state index contributed by atoms with van der Waals surface area (Å²) in [7, 11) is 0. The van der Waals surface area contributed by atoms with Crippen LogP contribution in [0.3, 0.4) is 0 Å². The zero-order valence-corrected chi connectivity index (χ0v) is 36.0. The molecule has 0 amide bonds. The van der Waals surface area contributed by atoms with Crippen molar-refractivity contribution in [3.05, 3.63) is 278 Å². The topological polar surface area (TPSA) is 13.0 Å². The Morgan fingerprint density at radius 1 is 0.266 bits per heavy atom. The van der Waals surface area contributed by atoms with Gasteiger partial charge in [-0.2, -0.15) is 0 Å². The van der Waals surface area contributed by atoms with Crippen molar-refractivity contribution in [3.63, 3.8) is 0 Å². The maximum absolute atomic E-state index is 2.44. The van der Waals surface area contributed by atoms with Gasteiger partial charge in [0.25, 0.3) is 0 Å². The third-order valence-corrected chi connectivity index (χ3v) is 12.4. The summed E-state index contributed by atoms with van der Waals surface area (Å²) in [5, 5.41) is 0. The number of para-hydroxylation sites is 6. The summed E-state index contributed by atoms with van der Waals surface area (Å²) in [5.74, 6) is 0.817. The number of hydrogen-bond acceptors (Lipinski definition) is 4. The van der Waals surface area contributed by atoms with Gasteiger partial charge >= 0.3 is 0 Å². The minimum Gasteiger partial charge on any atom is -0.334 e. The lowest BCUT2D eigenvalue weighted by Gasteiger charge is -2.36. The first-order chi connectivity index (χ1) is 31.8. The van der Waals surface area contributed by atoms with Crippen LogP contribution in [-0.2, 0) is 0 Å². The number of hydrogen-bond donors (Lipinski definition) is 0. The minimum atomic E-state index is 0.198. The number of nitrogens with zero attached hydrogens (tertiary/aromatic N) is 4. The second-order valence-corrected chi connectivity index (χ2v) is 16.5. The highest BCUT2D eigenvalue weighted by molar-refractivity contribution is 5.79. The first-order valence-electron chi connectivity index (χ1n) is 22.5. The predicted molar refractivity (Wildman–Crippen MR) is 270 cm³/mol. The number of anilines is 8. The summed E-state index contributed by atoms with van der Waals surface area (Å²) in [6.07, 6.45) is 24.4. The fraction of sp³-hybridized carbons (Fsp3) is 0.100. The Hall–Kier alpha value is -7.82. The SMILES string of the molecule is C1=CC(C2C=CC(N(c3ccccc3)c3ccc(N(c4ccccc4)c4ccccc4)cc3)=CC2)CC=C1N(C1=CC[C@H](N(c2ccccc2)c2ccccc2)C=C1)c1ccccc1. The molecule has 7 aromatic rings. The molecule has 0 N–H and O–H groups in total. The van der Waals surface area contributed by atoms with Gasteiger partial charge in [-0.15, -0.1) is 0 Å². The zero-order valence-electron chi connectivity index (χ0n) is 36.0. The van der Waals surface area contributed by atoms with E-state index in [1.165, 1.54) is 34.2 Å². The van der Waals surface area contributed by atoms with Crippen LogP contribution < -0.4 is 19.6 Å². The molecule has 312 valence electrons. The highest BCUT2D eigenvalue weighted by Crippen LogP contribution is 2.41. The molecule has 4 heteroatoms. The summed E-state index contributed by atoms with van der Waals surface area (Å²) in [4.78, 5) is 9.56. The fourth-order valence-corrected chi connectivity index (χ4v) is 9.28. The Labute approximate surface area is 378 Å². The molecule has 0 radical (unpaired) electrons. The highest BCUT2D eigenvalue weighted by atomic mass is 15.2. The van der Waals surface area contributed by atoms with E-state index < -0.39 is 0 Å². The van der Waals surface area contributed by atoms with Gasteiger partial charge in [-0.05, 0) is 146 Å². The van der Waals surface area contributed by atoms with Crippen molar-refractivity contribution in [2.75, 3.05) is 19.6 Å². The van der Waals surface area contributed by atoms with E-state index in [-0.39, 0.29) is 6.04 Å². The van der Waals surface area contributed by atoms with Gasteiger partial charge in [0.05, 0.1) is 6.04 Å². The van der Waals surface area contributed by atoms with Gasteiger partial charge < -0.3 is 19.6 Å². The van der Waals surface area contributed by atoms with Gasteiger partial charge in [-0.1, -0.05) is 146 Å². The maximum Gasteiger partial charge on any atom is 0.0561 e. The van der Waals surface area contributed by atoms with Crippen LogP contribution >= 0.6 is 0 Å². The molecule has 3 aliphatic carbocycles. The predicted octanol–water partition coefficient (Wildman–Crippen LogP) is 15.8. The van der Waals surface area contributed by atoms with Crippen LogP contribution in [0, 0.1) is 11.8 Å². The van der Waals surface area contributed by atoms with E-state index in [4.69, 9.17) is 0 Å². The smallest absolute Gasteiger partial charge is 0.0561 e. The van der Waals surface area contributed by atoms with Crippen molar-refractivity contribution in [2.24, 2.45) is 11.8 Å². The molecular weight excluding hydrogens is 777 g/mol. The van der Waals surface area contributed by atoms with Crippen molar-refractivity contribution in [2.45, 2.75) is 25.3 Å². The van der Waals surface area contributed by atoms with Crippen LogP contribution in [0.15, 0.2) is 278 Å².